The number of nitrogens with one attached hydrogen (secondary N) is 1. The average molecular weight is 338 g/mol. The summed E-state index contributed by atoms with van der Waals surface area (Å²) in [6.07, 6.45) is 0.818. The Morgan fingerprint density at radius 1 is 1.25 bits per heavy atom. The van der Waals surface area contributed by atoms with Gasteiger partial charge in [0, 0.05) is 0 Å². The van der Waals surface area contributed by atoms with Crippen LogP contribution < -0.4 is 4.72 Å². The first-order valence-electron chi connectivity index (χ1n) is 6.19. The van der Waals surface area contributed by atoms with E-state index < -0.39 is 31.3 Å². The van der Waals surface area contributed by atoms with Crippen molar-refractivity contribution in [1.29, 1.82) is 0 Å². The van der Waals surface area contributed by atoms with E-state index in [4.69, 9.17) is 11.6 Å². The molecule has 1 saturated heterocycles. The summed E-state index contributed by atoms with van der Waals surface area (Å²) in [7, 11) is -7.02. The lowest BCUT2D eigenvalue weighted by atomic mass is 10.2. The number of hydrogen-bond donors (Lipinski definition) is 1. The van der Waals surface area contributed by atoms with Crippen LogP contribution in [-0.2, 0) is 26.3 Å². The molecule has 1 aromatic carbocycles. The Kier molecular flexibility index (Phi) is 4.44. The highest BCUT2D eigenvalue weighted by atomic mass is 35.5. The molecule has 1 aliphatic heterocycles. The van der Waals surface area contributed by atoms with Crippen LogP contribution in [-0.4, -0.2) is 39.8 Å². The van der Waals surface area contributed by atoms with Crippen LogP contribution >= 0.6 is 11.6 Å². The molecule has 0 spiro atoms. The molecular formula is C12H16ClNO4S2. The topological polar surface area (TPSA) is 80.3 Å². The maximum Gasteiger partial charge on any atom is 0.240 e. The zero-order valence-corrected chi connectivity index (χ0v) is 13.3. The van der Waals surface area contributed by atoms with Gasteiger partial charge in [0.2, 0.25) is 10.0 Å². The molecule has 8 heteroatoms. The molecule has 2 rings (SSSR count). The molecule has 0 aromatic heterocycles. The van der Waals surface area contributed by atoms with E-state index >= 15 is 0 Å². The highest BCUT2D eigenvalue weighted by Crippen LogP contribution is 2.20. The van der Waals surface area contributed by atoms with E-state index in [1.165, 1.54) is 12.1 Å². The molecule has 1 heterocycles. The largest absolute Gasteiger partial charge is 0.240 e. The molecular weight excluding hydrogens is 322 g/mol. The first-order valence-corrected chi connectivity index (χ1v) is 9.93. The summed E-state index contributed by atoms with van der Waals surface area (Å²) < 4.78 is 49.6. The van der Waals surface area contributed by atoms with Gasteiger partial charge in [-0.3, -0.25) is 0 Å². The summed E-state index contributed by atoms with van der Waals surface area (Å²) >= 11 is 5.90. The zero-order chi connectivity index (χ0) is 15.0. The minimum atomic E-state index is -3.75. The van der Waals surface area contributed by atoms with Crippen molar-refractivity contribution < 1.29 is 16.8 Å². The molecule has 1 N–H and O–H groups in total. The molecule has 1 aliphatic rings. The Balaban J connectivity index is 2.19. The minimum Gasteiger partial charge on any atom is -0.229 e. The lowest BCUT2D eigenvalue weighted by molar-refractivity contribution is 0.563. The smallest absolute Gasteiger partial charge is 0.229 e. The van der Waals surface area contributed by atoms with Crippen LogP contribution in [0, 0.1) is 0 Å². The Hall–Kier alpha value is -0.630. The fraction of sp³-hybridized carbons (Fsp3) is 0.500. The third kappa shape index (κ3) is 3.52. The number of benzene rings is 1. The van der Waals surface area contributed by atoms with Crippen LogP contribution in [0.15, 0.2) is 29.2 Å². The third-order valence-electron chi connectivity index (χ3n) is 3.23. The summed E-state index contributed by atoms with van der Waals surface area (Å²) in [5.41, 5.74) is 1.03. The second kappa shape index (κ2) is 5.63. The summed E-state index contributed by atoms with van der Waals surface area (Å²) in [6.45, 7) is 1.98. The summed E-state index contributed by atoms with van der Waals surface area (Å²) in [5.74, 6) is -0.454. The highest BCUT2D eigenvalue weighted by Gasteiger charge is 2.38. The van der Waals surface area contributed by atoms with Crippen LogP contribution in [0.2, 0.25) is 0 Å². The van der Waals surface area contributed by atoms with Gasteiger partial charge in [-0.2, -0.15) is 0 Å². The van der Waals surface area contributed by atoms with E-state index in [1.807, 2.05) is 6.92 Å². The Labute approximate surface area is 124 Å². The van der Waals surface area contributed by atoms with Crippen molar-refractivity contribution in [1.82, 2.24) is 4.72 Å². The molecule has 0 unspecified atom stereocenters. The molecule has 2 atom stereocenters. The van der Waals surface area contributed by atoms with Gasteiger partial charge in [-0.25, -0.2) is 21.6 Å². The van der Waals surface area contributed by atoms with Crippen molar-refractivity contribution in [3.63, 3.8) is 0 Å². The van der Waals surface area contributed by atoms with Gasteiger partial charge in [-0.1, -0.05) is 19.1 Å². The number of sulfone groups is 1. The Morgan fingerprint density at radius 3 is 2.30 bits per heavy atom. The molecule has 112 valence electrons. The van der Waals surface area contributed by atoms with Crippen molar-refractivity contribution in [3.8, 4) is 0 Å². The van der Waals surface area contributed by atoms with Crippen LogP contribution in [0.5, 0.6) is 0 Å². The molecule has 0 bridgehead atoms. The Bertz CT molecular complexity index is 683. The number of hydrogen-bond acceptors (Lipinski definition) is 4. The maximum atomic E-state index is 12.2. The van der Waals surface area contributed by atoms with Gasteiger partial charge in [0.25, 0.3) is 0 Å². The van der Waals surface area contributed by atoms with Crippen LogP contribution in [0.4, 0.5) is 0 Å². The summed E-state index contributed by atoms with van der Waals surface area (Å²) in [5, 5.41) is -0.732. The number of halogens is 1. The fourth-order valence-corrected chi connectivity index (χ4v) is 6.09. The molecule has 5 nitrogen and oxygen atoms in total. The fourth-order valence-electron chi connectivity index (χ4n) is 2.08. The van der Waals surface area contributed by atoms with Crippen molar-refractivity contribution in [3.05, 3.63) is 29.8 Å². The van der Waals surface area contributed by atoms with E-state index in [1.54, 1.807) is 12.1 Å². The lowest BCUT2D eigenvalue weighted by Gasteiger charge is -2.14. The van der Waals surface area contributed by atoms with Crippen LogP contribution in [0.25, 0.3) is 0 Å². The second-order valence-electron chi connectivity index (χ2n) is 4.82. The van der Waals surface area contributed by atoms with Crippen molar-refractivity contribution in [2.75, 3.05) is 11.5 Å². The minimum absolute atomic E-state index is 0.114. The third-order valence-corrected chi connectivity index (χ3v) is 7.11. The highest BCUT2D eigenvalue weighted by molar-refractivity contribution is 7.92. The molecule has 20 heavy (non-hydrogen) atoms. The van der Waals surface area contributed by atoms with E-state index in [9.17, 15) is 16.8 Å². The van der Waals surface area contributed by atoms with Gasteiger partial charge in [0.05, 0.1) is 27.8 Å². The van der Waals surface area contributed by atoms with Gasteiger partial charge in [0.1, 0.15) is 0 Å². The maximum absolute atomic E-state index is 12.2. The molecule has 1 aromatic rings. The lowest BCUT2D eigenvalue weighted by Crippen LogP contribution is -2.40. The average Bonchev–Trinajstić information content (AvgIpc) is 2.61. The quantitative estimate of drug-likeness (QED) is 0.829. The first kappa shape index (κ1) is 15.8. The zero-order valence-electron chi connectivity index (χ0n) is 10.9. The molecule has 0 aliphatic carbocycles. The van der Waals surface area contributed by atoms with E-state index in [0.717, 1.165) is 12.0 Å². The standard InChI is InChI=1S/C12H16ClNO4S2/c1-2-9-3-5-10(6-4-9)20(17,18)14-12-8-19(15,16)7-11(12)13/h3-6,11-12,14H,2,7-8H2,1H3/t11-,12-/m0/s1. The number of aryl methyl sites for hydroxylation is 1. The van der Waals surface area contributed by atoms with Gasteiger partial charge in [-0.05, 0) is 24.1 Å². The van der Waals surface area contributed by atoms with Crippen molar-refractivity contribution in [2.24, 2.45) is 0 Å². The van der Waals surface area contributed by atoms with Crippen LogP contribution in [0.3, 0.4) is 0 Å². The molecule has 0 radical (unpaired) electrons. The molecule has 1 fully saturated rings. The predicted octanol–water partition coefficient (Wildman–Crippen LogP) is 0.932. The Morgan fingerprint density at radius 2 is 1.85 bits per heavy atom. The molecule has 0 amide bonds. The second-order valence-corrected chi connectivity index (χ2v) is 9.25. The van der Waals surface area contributed by atoms with Crippen molar-refractivity contribution >= 4 is 31.5 Å². The predicted molar refractivity (Wildman–Crippen MR) is 78.2 cm³/mol. The monoisotopic (exact) mass is 337 g/mol. The van der Waals surface area contributed by atoms with Crippen molar-refractivity contribution in [2.45, 2.75) is 29.7 Å². The normalized spacial score (nSPS) is 25.7. The van der Waals surface area contributed by atoms with Gasteiger partial charge in [0.15, 0.2) is 9.84 Å². The summed E-state index contributed by atoms with van der Waals surface area (Å²) in [6, 6.07) is 5.70. The van der Waals surface area contributed by atoms with Gasteiger partial charge in [-0.15, -0.1) is 11.6 Å². The van der Waals surface area contributed by atoms with Gasteiger partial charge < -0.3 is 0 Å². The first-order chi connectivity index (χ1) is 9.23. The molecule has 0 saturated carbocycles. The van der Waals surface area contributed by atoms with Gasteiger partial charge >= 0.3 is 0 Å². The number of rotatable bonds is 4. The van der Waals surface area contributed by atoms with Crippen LogP contribution in [0.1, 0.15) is 12.5 Å². The van der Waals surface area contributed by atoms with E-state index in [0.29, 0.717) is 0 Å². The van der Waals surface area contributed by atoms with E-state index in [2.05, 4.69) is 4.72 Å². The SMILES string of the molecule is CCc1ccc(S(=O)(=O)N[C@H]2CS(=O)(=O)C[C@@H]2Cl)cc1. The van der Waals surface area contributed by atoms with E-state index in [-0.39, 0.29) is 16.4 Å². The summed E-state index contributed by atoms with van der Waals surface area (Å²) in [4.78, 5) is 0.114. The number of sulfonamides is 1. The number of alkyl halides is 1.